The minimum absolute atomic E-state index is 0.0580. The fraction of sp³-hybridized carbons (Fsp3) is 0.278. The first-order chi connectivity index (χ1) is 11.6. The van der Waals surface area contributed by atoms with E-state index in [9.17, 15) is 17.6 Å². The van der Waals surface area contributed by atoms with Gasteiger partial charge in [0.25, 0.3) is 5.91 Å². The van der Waals surface area contributed by atoms with Crippen LogP contribution in [-0.2, 0) is 10.0 Å². The Balaban J connectivity index is 2.28. The van der Waals surface area contributed by atoms with Gasteiger partial charge in [0, 0.05) is 19.7 Å². The van der Waals surface area contributed by atoms with Gasteiger partial charge < -0.3 is 5.32 Å². The van der Waals surface area contributed by atoms with Crippen molar-refractivity contribution in [2.45, 2.75) is 24.8 Å². The molecule has 1 amide bonds. The van der Waals surface area contributed by atoms with Crippen LogP contribution in [0.4, 0.5) is 4.39 Å². The third-order valence-corrected chi connectivity index (χ3v) is 5.76. The second kappa shape index (κ2) is 7.33. The van der Waals surface area contributed by atoms with Crippen molar-refractivity contribution in [3.05, 3.63) is 65.0 Å². The first-order valence-corrected chi connectivity index (χ1v) is 9.16. The number of rotatable bonds is 5. The molecule has 0 bridgehead atoms. The summed E-state index contributed by atoms with van der Waals surface area (Å²) >= 11 is 0. The summed E-state index contributed by atoms with van der Waals surface area (Å²) in [6.45, 7) is 3.52. The Labute approximate surface area is 147 Å². The van der Waals surface area contributed by atoms with E-state index in [2.05, 4.69) is 5.32 Å². The maximum absolute atomic E-state index is 13.0. The summed E-state index contributed by atoms with van der Waals surface area (Å²) in [4.78, 5) is 12.6. The Bertz CT molecular complexity index is 878. The second-order valence-electron chi connectivity index (χ2n) is 6.01. The first kappa shape index (κ1) is 19.1. The molecule has 2 aromatic rings. The molecule has 1 N–H and O–H groups in total. The standard InChI is InChI=1S/C18H21FN2O3S/c1-12-5-10-16(25(23,24)21(3)4)11-17(12)18(22)20-13(2)14-6-8-15(19)9-7-14/h5-11,13H,1-4H3,(H,20,22)/t13-/m0/s1. The van der Waals surface area contributed by atoms with E-state index < -0.39 is 10.0 Å². The zero-order valence-corrected chi connectivity index (χ0v) is 15.4. The number of carbonyl (C=O) groups excluding carboxylic acids is 1. The van der Waals surface area contributed by atoms with E-state index >= 15 is 0 Å². The molecule has 0 aliphatic heterocycles. The molecule has 0 radical (unpaired) electrons. The molecule has 0 aliphatic rings. The quantitative estimate of drug-likeness (QED) is 0.887. The van der Waals surface area contributed by atoms with Crippen molar-refractivity contribution in [1.29, 1.82) is 0 Å². The van der Waals surface area contributed by atoms with Crippen LogP contribution in [-0.4, -0.2) is 32.7 Å². The lowest BCUT2D eigenvalue weighted by molar-refractivity contribution is 0.0939. The van der Waals surface area contributed by atoms with Crippen molar-refractivity contribution in [3.63, 3.8) is 0 Å². The van der Waals surface area contributed by atoms with E-state index in [4.69, 9.17) is 0 Å². The minimum Gasteiger partial charge on any atom is -0.346 e. The third-order valence-electron chi connectivity index (χ3n) is 3.95. The number of nitrogens with one attached hydrogen (secondary N) is 1. The van der Waals surface area contributed by atoms with Crippen LogP contribution in [0.5, 0.6) is 0 Å². The van der Waals surface area contributed by atoms with Gasteiger partial charge in [0.15, 0.2) is 0 Å². The number of hydrogen-bond acceptors (Lipinski definition) is 3. The van der Waals surface area contributed by atoms with Crippen LogP contribution in [0.1, 0.15) is 34.5 Å². The molecule has 1 atom stereocenters. The predicted molar refractivity (Wildman–Crippen MR) is 94.3 cm³/mol. The van der Waals surface area contributed by atoms with Crippen molar-refractivity contribution in [2.75, 3.05) is 14.1 Å². The summed E-state index contributed by atoms with van der Waals surface area (Å²) in [7, 11) is -0.751. The molecule has 0 unspecified atom stereocenters. The summed E-state index contributed by atoms with van der Waals surface area (Å²) in [5.41, 5.74) is 1.71. The first-order valence-electron chi connectivity index (χ1n) is 7.72. The third kappa shape index (κ3) is 4.24. The fourth-order valence-corrected chi connectivity index (χ4v) is 3.25. The van der Waals surface area contributed by atoms with Crippen LogP contribution in [0.3, 0.4) is 0 Å². The average Bonchev–Trinajstić information content (AvgIpc) is 2.55. The zero-order chi connectivity index (χ0) is 18.8. The minimum atomic E-state index is -3.62. The van der Waals surface area contributed by atoms with Crippen molar-refractivity contribution in [1.82, 2.24) is 9.62 Å². The molecule has 2 aromatic carbocycles. The van der Waals surface area contributed by atoms with Gasteiger partial charge in [-0.25, -0.2) is 17.1 Å². The Morgan fingerprint density at radius 2 is 1.72 bits per heavy atom. The van der Waals surface area contributed by atoms with Crippen LogP contribution >= 0.6 is 0 Å². The Morgan fingerprint density at radius 1 is 1.12 bits per heavy atom. The number of carbonyl (C=O) groups is 1. The highest BCUT2D eigenvalue weighted by Gasteiger charge is 2.21. The van der Waals surface area contributed by atoms with Crippen LogP contribution < -0.4 is 5.32 Å². The molecular weight excluding hydrogens is 343 g/mol. The van der Waals surface area contributed by atoms with Gasteiger partial charge in [0.05, 0.1) is 10.9 Å². The molecule has 0 heterocycles. The van der Waals surface area contributed by atoms with E-state index in [1.54, 1.807) is 32.0 Å². The van der Waals surface area contributed by atoms with Gasteiger partial charge in [-0.05, 0) is 49.2 Å². The number of nitrogens with zero attached hydrogens (tertiary/aromatic N) is 1. The van der Waals surface area contributed by atoms with Crippen molar-refractivity contribution in [3.8, 4) is 0 Å². The van der Waals surface area contributed by atoms with Gasteiger partial charge in [-0.1, -0.05) is 18.2 Å². The summed E-state index contributed by atoms with van der Waals surface area (Å²) in [6, 6.07) is 9.96. The molecule has 0 fully saturated rings. The highest BCUT2D eigenvalue weighted by molar-refractivity contribution is 7.89. The largest absolute Gasteiger partial charge is 0.346 e. The zero-order valence-electron chi connectivity index (χ0n) is 14.6. The van der Waals surface area contributed by atoms with Crippen molar-refractivity contribution in [2.24, 2.45) is 0 Å². The van der Waals surface area contributed by atoms with Crippen LogP contribution in [0.25, 0.3) is 0 Å². The van der Waals surface area contributed by atoms with Gasteiger partial charge in [-0.2, -0.15) is 0 Å². The topological polar surface area (TPSA) is 66.5 Å². The van der Waals surface area contributed by atoms with E-state index in [1.165, 1.54) is 38.4 Å². The lowest BCUT2D eigenvalue weighted by Crippen LogP contribution is -2.28. The number of sulfonamides is 1. The molecule has 0 aliphatic carbocycles. The maximum Gasteiger partial charge on any atom is 0.252 e. The Kier molecular flexibility index (Phi) is 5.59. The highest BCUT2D eigenvalue weighted by atomic mass is 32.2. The van der Waals surface area contributed by atoms with Crippen molar-refractivity contribution >= 4 is 15.9 Å². The molecular formula is C18H21FN2O3S. The average molecular weight is 364 g/mol. The maximum atomic E-state index is 13.0. The summed E-state index contributed by atoms with van der Waals surface area (Å²) < 4.78 is 38.6. The molecule has 25 heavy (non-hydrogen) atoms. The van der Waals surface area contributed by atoms with Crippen LogP contribution in [0, 0.1) is 12.7 Å². The monoisotopic (exact) mass is 364 g/mol. The SMILES string of the molecule is Cc1ccc(S(=O)(=O)N(C)C)cc1C(=O)N[C@@H](C)c1ccc(F)cc1. The fourth-order valence-electron chi connectivity index (χ4n) is 2.33. The summed E-state index contributed by atoms with van der Waals surface area (Å²) in [5.74, 6) is -0.732. The Hall–Kier alpha value is -2.25. The van der Waals surface area contributed by atoms with Gasteiger partial charge in [0.1, 0.15) is 5.82 Å². The molecule has 7 heteroatoms. The van der Waals surface area contributed by atoms with E-state index in [-0.39, 0.29) is 28.2 Å². The lowest BCUT2D eigenvalue weighted by Gasteiger charge is -2.17. The van der Waals surface area contributed by atoms with Gasteiger partial charge in [-0.3, -0.25) is 4.79 Å². The molecule has 5 nitrogen and oxygen atoms in total. The smallest absolute Gasteiger partial charge is 0.252 e. The number of amides is 1. The van der Waals surface area contributed by atoms with E-state index in [0.29, 0.717) is 5.56 Å². The number of hydrogen-bond donors (Lipinski definition) is 1. The second-order valence-corrected chi connectivity index (χ2v) is 8.16. The molecule has 0 saturated heterocycles. The number of benzene rings is 2. The summed E-state index contributed by atoms with van der Waals surface area (Å²) in [6.07, 6.45) is 0. The van der Waals surface area contributed by atoms with Gasteiger partial charge >= 0.3 is 0 Å². The van der Waals surface area contributed by atoms with E-state index in [0.717, 1.165) is 9.87 Å². The van der Waals surface area contributed by atoms with E-state index in [1.807, 2.05) is 0 Å². The molecule has 0 aromatic heterocycles. The predicted octanol–water partition coefficient (Wildman–Crippen LogP) is 2.88. The normalized spacial score (nSPS) is 12.9. The molecule has 134 valence electrons. The molecule has 0 spiro atoms. The summed E-state index contributed by atoms with van der Waals surface area (Å²) in [5, 5.41) is 2.81. The van der Waals surface area contributed by atoms with Gasteiger partial charge in [0.2, 0.25) is 10.0 Å². The number of aryl methyl sites for hydroxylation is 1. The molecule has 2 rings (SSSR count). The lowest BCUT2D eigenvalue weighted by atomic mass is 10.1. The Morgan fingerprint density at radius 3 is 2.28 bits per heavy atom. The number of halogens is 1. The van der Waals surface area contributed by atoms with Crippen LogP contribution in [0.15, 0.2) is 47.4 Å². The van der Waals surface area contributed by atoms with Gasteiger partial charge in [-0.15, -0.1) is 0 Å². The van der Waals surface area contributed by atoms with Crippen LogP contribution in [0.2, 0.25) is 0 Å². The molecule has 0 saturated carbocycles. The highest BCUT2D eigenvalue weighted by Crippen LogP contribution is 2.20. The van der Waals surface area contributed by atoms with Crippen molar-refractivity contribution < 1.29 is 17.6 Å².